The molecule has 1 atom stereocenters. The quantitative estimate of drug-likeness (QED) is 0.814. The Morgan fingerprint density at radius 1 is 1.50 bits per heavy atom. The summed E-state index contributed by atoms with van der Waals surface area (Å²) in [7, 11) is 0. The van der Waals surface area contributed by atoms with E-state index in [2.05, 4.69) is 13.8 Å². The lowest BCUT2D eigenvalue weighted by atomic mass is 10.1. The first-order chi connectivity index (χ1) is 9.46. The number of carbonyl (C=O) groups is 1. The van der Waals surface area contributed by atoms with Gasteiger partial charge in [-0.3, -0.25) is 0 Å². The van der Waals surface area contributed by atoms with E-state index >= 15 is 0 Å². The molecular weight excluding hydrogens is 280 g/mol. The first-order valence-electron chi connectivity index (χ1n) is 6.71. The second-order valence-electron chi connectivity index (χ2n) is 4.38. The normalized spacial score (nSPS) is 15.8. The van der Waals surface area contributed by atoms with Crippen molar-refractivity contribution < 1.29 is 19.7 Å². The Hall–Kier alpha value is -1.26. The lowest BCUT2D eigenvalue weighted by Gasteiger charge is -2.16. The van der Waals surface area contributed by atoms with Gasteiger partial charge >= 0.3 is 5.97 Å². The van der Waals surface area contributed by atoms with Gasteiger partial charge < -0.3 is 14.9 Å². The summed E-state index contributed by atoms with van der Waals surface area (Å²) >= 11 is 5.93. The summed E-state index contributed by atoms with van der Waals surface area (Å²) in [6.07, 6.45) is 6.33. The molecule has 0 spiro atoms. The van der Waals surface area contributed by atoms with Crippen LogP contribution in [0.15, 0.2) is 34.6 Å². The van der Waals surface area contributed by atoms with Crippen molar-refractivity contribution in [1.29, 1.82) is 0 Å². The van der Waals surface area contributed by atoms with Gasteiger partial charge in [0.05, 0.1) is 0 Å². The molecule has 5 heteroatoms. The monoisotopic (exact) mass is 302 g/mol. The van der Waals surface area contributed by atoms with Gasteiger partial charge in [0.1, 0.15) is 5.76 Å². The summed E-state index contributed by atoms with van der Waals surface area (Å²) in [6.45, 7) is 5.68. The minimum atomic E-state index is -1.03. The van der Waals surface area contributed by atoms with Crippen LogP contribution in [0.3, 0.4) is 0 Å². The fourth-order valence-corrected chi connectivity index (χ4v) is 1.61. The maximum atomic E-state index is 10.7. The zero-order chi connectivity index (χ0) is 15.5. The van der Waals surface area contributed by atoms with Gasteiger partial charge in [0, 0.05) is 18.1 Å². The number of halogens is 1. The standard InChI is InChI=1S/C12H15ClO4.C3H8/c1-8(12(15)16)17-11-7-10(13)4-2-3-9(11)5-6-14;1-3-2/h2-4,8,14H,5-7H2,1H3,(H,15,16);3H2,1-2H3. The van der Waals surface area contributed by atoms with Crippen LogP contribution in [0, 0.1) is 0 Å². The maximum Gasteiger partial charge on any atom is 0.344 e. The summed E-state index contributed by atoms with van der Waals surface area (Å²) in [5, 5.41) is 18.3. The third-order valence-corrected chi connectivity index (χ3v) is 2.57. The molecular formula is C15H23ClO4. The van der Waals surface area contributed by atoms with E-state index in [-0.39, 0.29) is 6.61 Å². The van der Waals surface area contributed by atoms with Gasteiger partial charge in [0.2, 0.25) is 0 Å². The minimum absolute atomic E-state index is 0.0222. The van der Waals surface area contributed by atoms with Gasteiger partial charge in [-0.1, -0.05) is 44.0 Å². The van der Waals surface area contributed by atoms with Crippen LogP contribution in [-0.2, 0) is 9.53 Å². The van der Waals surface area contributed by atoms with Crippen molar-refractivity contribution >= 4 is 17.6 Å². The van der Waals surface area contributed by atoms with Crippen molar-refractivity contribution in [3.8, 4) is 0 Å². The Balaban J connectivity index is 0.00000110. The van der Waals surface area contributed by atoms with Crippen LogP contribution in [0.2, 0.25) is 0 Å². The molecule has 0 aromatic rings. The van der Waals surface area contributed by atoms with Gasteiger partial charge in [-0.05, 0) is 25.0 Å². The average molecular weight is 303 g/mol. The van der Waals surface area contributed by atoms with Crippen LogP contribution >= 0.6 is 11.6 Å². The molecule has 0 saturated carbocycles. The fraction of sp³-hybridized carbons (Fsp3) is 0.533. The Bertz CT molecular complexity index is 397. The zero-order valence-electron chi connectivity index (χ0n) is 12.2. The molecule has 0 saturated heterocycles. The van der Waals surface area contributed by atoms with E-state index in [4.69, 9.17) is 26.6 Å². The Morgan fingerprint density at radius 2 is 2.10 bits per heavy atom. The molecule has 2 N–H and O–H groups in total. The summed E-state index contributed by atoms with van der Waals surface area (Å²) in [5.41, 5.74) is 0.771. The van der Waals surface area contributed by atoms with Crippen molar-refractivity contribution in [2.24, 2.45) is 0 Å². The molecule has 1 aliphatic rings. The van der Waals surface area contributed by atoms with E-state index in [9.17, 15) is 4.79 Å². The molecule has 1 unspecified atom stereocenters. The maximum absolute atomic E-state index is 10.7. The molecule has 4 nitrogen and oxygen atoms in total. The van der Waals surface area contributed by atoms with E-state index < -0.39 is 12.1 Å². The molecule has 0 bridgehead atoms. The molecule has 1 aliphatic carbocycles. The van der Waals surface area contributed by atoms with Gasteiger partial charge in [-0.15, -0.1) is 0 Å². The van der Waals surface area contributed by atoms with Crippen molar-refractivity contribution in [1.82, 2.24) is 0 Å². The molecule has 0 amide bonds. The number of hydrogen-bond acceptors (Lipinski definition) is 3. The number of aliphatic hydroxyl groups excluding tert-OH is 1. The third-order valence-electron chi connectivity index (χ3n) is 2.31. The summed E-state index contributed by atoms with van der Waals surface area (Å²) in [4.78, 5) is 10.7. The predicted molar refractivity (Wildman–Crippen MR) is 80.6 cm³/mol. The number of aliphatic carboxylic acids is 1. The molecule has 0 aromatic carbocycles. The number of allylic oxidation sites excluding steroid dienone is 4. The SMILES string of the molecule is CC(OC1=C(CCO)C=CC=C(Cl)C1)C(=O)O.CCC. The van der Waals surface area contributed by atoms with E-state index in [0.29, 0.717) is 23.6 Å². The predicted octanol–water partition coefficient (Wildman–Crippen LogP) is 3.61. The lowest BCUT2D eigenvalue weighted by molar-refractivity contribution is -0.146. The second-order valence-corrected chi connectivity index (χ2v) is 4.86. The largest absolute Gasteiger partial charge is 0.483 e. The van der Waals surface area contributed by atoms with Gasteiger partial charge in [0.25, 0.3) is 0 Å². The topological polar surface area (TPSA) is 66.8 Å². The molecule has 1 rings (SSSR count). The van der Waals surface area contributed by atoms with Crippen LogP contribution < -0.4 is 0 Å². The fourth-order valence-electron chi connectivity index (χ4n) is 1.41. The molecule has 0 heterocycles. The third kappa shape index (κ3) is 7.36. The summed E-state index contributed by atoms with van der Waals surface area (Å²) in [6, 6.07) is 0. The molecule has 20 heavy (non-hydrogen) atoms. The lowest BCUT2D eigenvalue weighted by Crippen LogP contribution is -2.20. The highest BCUT2D eigenvalue weighted by Gasteiger charge is 2.17. The molecule has 0 aliphatic heterocycles. The van der Waals surface area contributed by atoms with Crippen LogP contribution in [-0.4, -0.2) is 28.9 Å². The number of carboxylic acids is 1. The van der Waals surface area contributed by atoms with Crippen LogP contribution in [0.5, 0.6) is 0 Å². The van der Waals surface area contributed by atoms with Crippen molar-refractivity contribution in [3.63, 3.8) is 0 Å². The Kier molecular flexibility index (Phi) is 9.86. The molecule has 0 fully saturated rings. The highest BCUT2D eigenvalue weighted by atomic mass is 35.5. The highest BCUT2D eigenvalue weighted by Crippen LogP contribution is 2.26. The number of rotatable bonds is 5. The van der Waals surface area contributed by atoms with Gasteiger partial charge in [-0.2, -0.15) is 0 Å². The van der Waals surface area contributed by atoms with Crippen molar-refractivity contribution in [2.45, 2.75) is 46.1 Å². The van der Waals surface area contributed by atoms with Crippen LogP contribution in [0.1, 0.15) is 40.0 Å². The molecule has 0 aromatic heterocycles. The van der Waals surface area contributed by atoms with Crippen LogP contribution in [0.25, 0.3) is 0 Å². The van der Waals surface area contributed by atoms with Crippen molar-refractivity contribution in [3.05, 3.63) is 34.6 Å². The second kappa shape index (κ2) is 10.5. The van der Waals surface area contributed by atoms with E-state index in [1.54, 1.807) is 18.2 Å². The van der Waals surface area contributed by atoms with Gasteiger partial charge in [0.15, 0.2) is 6.10 Å². The smallest absolute Gasteiger partial charge is 0.344 e. The number of ether oxygens (including phenoxy) is 1. The molecule has 114 valence electrons. The average Bonchev–Trinajstić information content (AvgIpc) is 2.53. The number of hydrogen-bond donors (Lipinski definition) is 2. The minimum Gasteiger partial charge on any atom is -0.483 e. The van der Waals surface area contributed by atoms with Gasteiger partial charge in [-0.25, -0.2) is 4.79 Å². The Labute approximate surface area is 125 Å². The number of carboxylic acid groups (broad SMARTS) is 1. The van der Waals surface area contributed by atoms with E-state index in [1.165, 1.54) is 13.3 Å². The van der Waals surface area contributed by atoms with E-state index in [0.717, 1.165) is 5.57 Å². The molecule has 0 radical (unpaired) electrons. The van der Waals surface area contributed by atoms with Crippen LogP contribution in [0.4, 0.5) is 0 Å². The summed E-state index contributed by atoms with van der Waals surface area (Å²) < 4.78 is 5.36. The number of aliphatic hydroxyl groups is 1. The summed E-state index contributed by atoms with van der Waals surface area (Å²) in [5.74, 6) is -0.530. The first-order valence-corrected chi connectivity index (χ1v) is 7.09. The van der Waals surface area contributed by atoms with Crippen molar-refractivity contribution in [2.75, 3.05) is 6.61 Å². The first kappa shape index (κ1) is 18.7. The zero-order valence-corrected chi connectivity index (χ0v) is 13.0. The Morgan fingerprint density at radius 3 is 2.60 bits per heavy atom. The van der Waals surface area contributed by atoms with E-state index in [1.807, 2.05) is 0 Å². The highest BCUT2D eigenvalue weighted by molar-refractivity contribution is 6.29.